The Hall–Kier alpha value is -2.50. The van der Waals surface area contributed by atoms with E-state index in [1.807, 2.05) is 4.57 Å². The smallest absolute Gasteiger partial charge is 0.164 e. The minimum Gasteiger partial charge on any atom is -0.360 e. The van der Waals surface area contributed by atoms with Gasteiger partial charge in [-0.3, -0.25) is 0 Å². The number of hydrogen-bond donors (Lipinski definition) is 0. The van der Waals surface area contributed by atoms with Crippen molar-refractivity contribution in [1.29, 1.82) is 0 Å². The summed E-state index contributed by atoms with van der Waals surface area (Å²) in [6.07, 6.45) is 5.50. The number of benzene rings is 2. The first-order chi connectivity index (χ1) is 12.7. The Morgan fingerprint density at radius 3 is 2.88 bits per heavy atom. The lowest BCUT2D eigenvalue weighted by atomic mass is 9.81. The van der Waals surface area contributed by atoms with E-state index < -0.39 is 0 Å². The maximum atomic E-state index is 6.53. The second-order valence-corrected chi connectivity index (χ2v) is 7.49. The molecule has 0 saturated carbocycles. The van der Waals surface area contributed by atoms with Gasteiger partial charge in [-0.1, -0.05) is 35.9 Å². The van der Waals surface area contributed by atoms with Gasteiger partial charge in [0.1, 0.15) is 17.4 Å². The number of fused-ring (bicyclic) bond motifs is 7. The minimum atomic E-state index is -0.324. The van der Waals surface area contributed by atoms with Crippen LogP contribution in [-0.4, -0.2) is 19.5 Å². The van der Waals surface area contributed by atoms with Crippen LogP contribution in [0.25, 0.3) is 21.9 Å². The molecule has 0 aliphatic carbocycles. The standard InChI is InChI=1S/C20H15ClN4O/c21-18-17-19(23-10-22-18)25(11-24-17)9-20-6-5-16(26-20)14-7-12-3-1-2-4-13(12)8-15(14)20/h1-4,7-8,10-11,16H,5-6,9H2/t16-,20-/m0/s1. The molecule has 2 aromatic heterocycles. The van der Waals surface area contributed by atoms with E-state index >= 15 is 0 Å². The molecule has 0 radical (unpaired) electrons. The van der Waals surface area contributed by atoms with Crippen LogP contribution in [0.4, 0.5) is 0 Å². The zero-order valence-electron chi connectivity index (χ0n) is 13.9. The number of halogens is 1. The van der Waals surface area contributed by atoms with E-state index in [1.165, 1.54) is 28.2 Å². The molecule has 4 aromatic rings. The molecule has 2 aliphatic heterocycles. The highest BCUT2D eigenvalue weighted by Crippen LogP contribution is 2.56. The van der Waals surface area contributed by atoms with Crippen molar-refractivity contribution in [2.45, 2.75) is 31.1 Å². The van der Waals surface area contributed by atoms with Crippen LogP contribution in [0.15, 0.2) is 49.1 Å². The van der Waals surface area contributed by atoms with Gasteiger partial charge in [0, 0.05) is 0 Å². The van der Waals surface area contributed by atoms with Crippen LogP contribution in [0.2, 0.25) is 5.15 Å². The number of aromatic nitrogens is 4. The largest absolute Gasteiger partial charge is 0.360 e. The van der Waals surface area contributed by atoms with Gasteiger partial charge < -0.3 is 9.30 Å². The molecule has 0 amide bonds. The van der Waals surface area contributed by atoms with Crippen LogP contribution in [0.1, 0.15) is 30.1 Å². The van der Waals surface area contributed by atoms with Crippen LogP contribution >= 0.6 is 11.6 Å². The molecule has 6 heteroatoms. The molecule has 128 valence electrons. The average Bonchev–Trinajstić information content (AvgIpc) is 3.34. The number of ether oxygens (including phenoxy) is 1. The number of rotatable bonds is 2. The highest BCUT2D eigenvalue weighted by Gasteiger charge is 2.51. The average molecular weight is 363 g/mol. The molecule has 6 rings (SSSR count). The maximum Gasteiger partial charge on any atom is 0.164 e. The first-order valence-electron chi connectivity index (χ1n) is 8.76. The van der Waals surface area contributed by atoms with E-state index in [9.17, 15) is 0 Å². The lowest BCUT2D eigenvalue weighted by Crippen LogP contribution is -2.28. The van der Waals surface area contributed by atoms with Crippen LogP contribution in [0.5, 0.6) is 0 Å². The zero-order chi connectivity index (χ0) is 17.3. The Bertz CT molecular complexity index is 1190. The monoisotopic (exact) mass is 362 g/mol. The minimum absolute atomic E-state index is 0.183. The summed E-state index contributed by atoms with van der Waals surface area (Å²) in [7, 11) is 0. The summed E-state index contributed by atoms with van der Waals surface area (Å²) in [6.45, 7) is 0.679. The van der Waals surface area contributed by atoms with Gasteiger partial charge in [0.25, 0.3) is 0 Å². The molecule has 2 atom stereocenters. The topological polar surface area (TPSA) is 52.8 Å². The third-order valence-corrected chi connectivity index (χ3v) is 5.99. The number of nitrogens with zero attached hydrogens (tertiary/aromatic N) is 4. The van der Waals surface area contributed by atoms with Gasteiger partial charge in [0.15, 0.2) is 10.8 Å². The molecule has 5 nitrogen and oxygen atoms in total. The molecule has 26 heavy (non-hydrogen) atoms. The zero-order valence-corrected chi connectivity index (χ0v) is 14.6. The molecular formula is C20H15ClN4O. The normalized spacial score (nSPS) is 23.8. The van der Waals surface area contributed by atoms with Crippen molar-refractivity contribution in [2.75, 3.05) is 0 Å². The van der Waals surface area contributed by atoms with Crippen LogP contribution in [0.3, 0.4) is 0 Å². The molecule has 2 aliphatic rings. The summed E-state index contributed by atoms with van der Waals surface area (Å²) < 4.78 is 8.57. The third kappa shape index (κ3) is 1.87. The number of hydrogen-bond acceptors (Lipinski definition) is 4. The molecule has 1 saturated heterocycles. The van der Waals surface area contributed by atoms with Gasteiger partial charge in [0.2, 0.25) is 0 Å². The van der Waals surface area contributed by atoms with Gasteiger partial charge in [-0.25, -0.2) is 15.0 Å². The van der Waals surface area contributed by atoms with Crippen LogP contribution in [-0.2, 0) is 16.9 Å². The van der Waals surface area contributed by atoms with Crippen LogP contribution in [0, 0.1) is 0 Å². The lowest BCUT2D eigenvalue weighted by molar-refractivity contribution is -0.0328. The van der Waals surface area contributed by atoms with Gasteiger partial charge >= 0.3 is 0 Å². The van der Waals surface area contributed by atoms with Crippen molar-refractivity contribution >= 4 is 33.5 Å². The number of imidazole rings is 1. The quantitative estimate of drug-likeness (QED) is 0.496. The molecule has 0 unspecified atom stereocenters. The highest BCUT2D eigenvalue weighted by atomic mass is 35.5. The van der Waals surface area contributed by atoms with Crippen molar-refractivity contribution in [3.8, 4) is 0 Å². The third-order valence-electron chi connectivity index (χ3n) is 5.72. The summed E-state index contributed by atoms with van der Waals surface area (Å²) >= 11 is 6.15. The fraction of sp³-hybridized carbons (Fsp3) is 0.250. The summed E-state index contributed by atoms with van der Waals surface area (Å²) in [6, 6.07) is 13.1. The highest BCUT2D eigenvalue weighted by molar-refractivity contribution is 6.33. The maximum absolute atomic E-state index is 6.53. The van der Waals surface area contributed by atoms with Crippen molar-refractivity contribution in [3.63, 3.8) is 0 Å². The molecule has 4 heterocycles. The second-order valence-electron chi connectivity index (χ2n) is 7.14. The summed E-state index contributed by atoms with van der Waals surface area (Å²) in [5, 5.41) is 2.90. The Morgan fingerprint density at radius 1 is 1.15 bits per heavy atom. The van der Waals surface area contributed by atoms with Crippen molar-refractivity contribution in [3.05, 3.63) is 65.3 Å². The predicted octanol–water partition coefficient (Wildman–Crippen LogP) is 4.39. The van der Waals surface area contributed by atoms with E-state index in [1.54, 1.807) is 6.33 Å². The molecule has 2 bridgehead atoms. The summed E-state index contributed by atoms with van der Waals surface area (Å²) in [5.74, 6) is 0. The molecule has 1 fully saturated rings. The summed E-state index contributed by atoms with van der Waals surface area (Å²) in [5.41, 5.74) is 3.69. The van der Waals surface area contributed by atoms with E-state index in [4.69, 9.17) is 16.3 Å². The van der Waals surface area contributed by atoms with E-state index in [0.717, 1.165) is 18.5 Å². The summed E-state index contributed by atoms with van der Waals surface area (Å²) in [4.78, 5) is 12.8. The Balaban J connectivity index is 1.51. The van der Waals surface area contributed by atoms with E-state index in [0.29, 0.717) is 17.2 Å². The van der Waals surface area contributed by atoms with Crippen molar-refractivity contribution in [2.24, 2.45) is 0 Å². The Morgan fingerprint density at radius 2 is 2.00 bits per heavy atom. The Kier molecular flexibility index (Phi) is 2.83. The van der Waals surface area contributed by atoms with Crippen molar-refractivity contribution < 1.29 is 4.74 Å². The first kappa shape index (κ1) is 14.6. The van der Waals surface area contributed by atoms with Gasteiger partial charge in [-0.2, -0.15) is 0 Å². The molecule has 0 N–H and O–H groups in total. The molecule has 0 spiro atoms. The van der Waals surface area contributed by atoms with Gasteiger partial charge in [0.05, 0.1) is 19.0 Å². The van der Waals surface area contributed by atoms with Crippen LogP contribution < -0.4 is 0 Å². The first-order valence-corrected chi connectivity index (χ1v) is 9.14. The fourth-order valence-corrected chi connectivity index (χ4v) is 4.71. The second kappa shape index (κ2) is 5.02. The molecular weight excluding hydrogens is 348 g/mol. The Labute approximate surface area is 154 Å². The van der Waals surface area contributed by atoms with Gasteiger partial charge in [-0.05, 0) is 46.9 Å². The van der Waals surface area contributed by atoms with Crippen molar-refractivity contribution in [1.82, 2.24) is 19.5 Å². The lowest BCUT2D eigenvalue weighted by Gasteiger charge is -2.27. The molecule has 2 aromatic carbocycles. The predicted molar refractivity (Wildman–Crippen MR) is 99.0 cm³/mol. The fourth-order valence-electron chi connectivity index (χ4n) is 4.53. The van der Waals surface area contributed by atoms with Gasteiger partial charge in [-0.15, -0.1) is 0 Å². The van der Waals surface area contributed by atoms with E-state index in [2.05, 4.69) is 51.4 Å². The SMILES string of the molecule is Clc1ncnc2c1ncn2C[C@]12CC[C@H](O1)c1cc3ccccc3cc12. The van der Waals surface area contributed by atoms with E-state index in [-0.39, 0.29) is 11.7 Å².